The largest absolute Gasteiger partial charge is 0.464 e. The maximum absolute atomic E-state index is 14.8. The Bertz CT molecular complexity index is 1240. The van der Waals surface area contributed by atoms with Gasteiger partial charge in [0.15, 0.2) is 11.5 Å². The van der Waals surface area contributed by atoms with E-state index in [1.807, 2.05) is 4.90 Å². The second-order valence-electron chi connectivity index (χ2n) is 8.56. The number of anilines is 1. The minimum atomic E-state index is -0.586. The van der Waals surface area contributed by atoms with Gasteiger partial charge in [-0.05, 0) is 25.1 Å². The van der Waals surface area contributed by atoms with Crippen molar-refractivity contribution in [1.29, 1.82) is 0 Å². The number of aryl methyl sites for hydroxylation is 1. The number of rotatable bonds is 4. The molecule has 2 atom stereocenters. The van der Waals surface area contributed by atoms with Gasteiger partial charge in [0.05, 0.1) is 12.7 Å². The van der Waals surface area contributed by atoms with Gasteiger partial charge in [-0.25, -0.2) is 29.1 Å². The maximum Gasteiger partial charge on any atom is 0.356 e. The van der Waals surface area contributed by atoms with E-state index in [4.69, 9.17) is 4.74 Å². The van der Waals surface area contributed by atoms with Crippen molar-refractivity contribution in [3.8, 4) is 11.4 Å². The smallest absolute Gasteiger partial charge is 0.356 e. The number of nitrogens with zero attached hydrogens (tertiary/aromatic N) is 6. The highest BCUT2D eigenvalue weighted by molar-refractivity contribution is 6.00. The van der Waals surface area contributed by atoms with Crippen LogP contribution in [0.5, 0.6) is 0 Å². The molecule has 0 spiro atoms. The summed E-state index contributed by atoms with van der Waals surface area (Å²) in [6.07, 6.45) is 3.13. The number of ether oxygens (including phenoxy) is 1. The number of likely N-dealkylation sites (tertiary alicyclic amines) is 1. The van der Waals surface area contributed by atoms with E-state index in [-0.39, 0.29) is 29.0 Å². The van der Waals surface area contributed by atoms with Gasteiger partial charge >= 0.3 is 5.97 Å². The van der Waals surface area contributed by atoms with Crippen LogP contribution in [0.25, 0.3) is 11.4 Å². The molecule has 0 aliphatic carbocycles. The number of fused-ring (bicyclic) bond motifs is 1. The standard InChI is InChI=1S/C24H23FN6O3/c1-14-9-19(23(33)34-2)29-24(28-14)31-12-15-10-30(11-16(15)13-31)22(32)20-17(5-3-6-18(20)25)21-26-7-4-8-27-21/h3-9,15-16H,10-13H2,1-2H3. The summed E-state index contributed by atoms with van der Waals surface area (Å²) in [5.74, 6) is -0.278. The Morgan fingerprint density at radius 1 is 1.03 bits per heavy atom. The van der Waals surface area contributed by atoms with Crippen molar-refractivity contribution in [2.45, 2.75) is 6.92 Å². The lowest BCUT2D eigenvalue weighted by atomic mass is 10.0. The monoisotopic (exact) mass is 462 g/mol. The van der Waals surface area contributed by atoms with Crippen LogP contribution in [0.4, 0.5) is 10.3 Å². The van der Waals surface area contributed by atoms with Gasteiger partial charge in [-0.1, -0.05) is 12.1 Å². The van der Waals surface area contributed by atoms with Gasteiger partial charge in [0.2, 0.25) is 5.95 Å². The molecule has 0 bridgehead atoms. The quantitative estimate of drug-likeness (QED) is 0.545. The first-order chi connectivity index (χ1) is 16.4. The molecule has 34 heavy (non-hydrogen) atoms. The molecule has 174 valence electrons. The molecular weight excluding hydrogens is 439 g/mol. The normalized spacial score (nSPS) is 19.3. The van der Waals surface area contributed by atoms with Gasteiger partial charge in [0.25, 0.3) is 5.91 Å². The zero-order chi connectivity index (χ0) is 23.8. The number of methoxy groups -OCH3 is 1. The number of benzene rings is 1. The Morgan fingerprint density at radius 2 is 1.74 bits per heavy atom. The molecular formula is C24H23FN6O3. The lowest BCUT2D eigenvalue weighted by Gasteiger charge is -2.23. The van der Waals surface area contributed by atoms with Crippen molar-refractivity contribution in [2.24, 2.45) is 11.8 Å². The van der Waals surface area contributed by atoms with Crippen molar-refractivity contribution >= 4 is 17.8 Å². The van der Waals surface area contributed by atoms with E-state index in [1.54, 1.807) is 48.5 Å². The number of hydrogen-bond acceptors (Lipinski definition) is 8. The van der Waals surface area contributed by atoms with Gasteiger partial charge in [0, 0.05) is 61.7 Å². The van der Waals surface area contributed by atoms with Crippen LogP contribution in [0.1, 0.15) is 26.5 Å². The van der Waals surface area contributed by atoms with E-state index in [9.17, 15) is 14.0 Å². The summed E-state index contributed by atoms with van der Waals surface area (Å²) in [4.78, 5) is 46.3. The molecule has 2 fully saturated rings. The van der Waals surface area contributed by atoms with Gasteiger partial charge in [-0.3, -0.25) is 4.79 Å². The van der Waals surface area contributed by atoms with Crippen molar-refractivity contribution in [3.63, 3.8) is 0 Å². The zero-order valence-corrected chi connectivity index (χ0v) is 18.8. The van der Waals surface area contributed by atoms with E-state index in [0.29, 0.717) is 49.2 Å². The van der Waals surface area contributed by atoms with Crippen LogP contribution < -0.4 is 4.90 Å². The number of carbonyl (C=O) groups is 2. The van der Waals surface area contributed by atoms with Crippen LogP contribution in [0.2, 0.25) is 0 Å². The van der Waals surface area contributed by atoms with Crippen LogP contribution >= 0.6 is 0 Å². The highest BCUT2D eigenvalue weighted by Crippen LogP contribution is 2.35. The molecule has 4 heterocycles. The average molecular weight is 462 g/mol. The second-order valence-corrected chi connectivity index (χ2v) is 8.56. The molecule has 0 saturated carbocycles. The molecule has 1 amide bonds. The van der Waals surface area contributed by atoms with Gasteiger partial charge in [-0.15, -0.1) is 0 Å². The number of aromatic nitrogens is 4. The first-order valence-electron chi connectivity index (χ1n) is 11.0. The number of esters is 1. The van der Waals surface area contributed by atoms with Crippen LogP contribution in [-0.4, -0.2) is 70.0 Å². The molecule has 0 N–H and O–H groups in total. The minimum absolute atomic E-state index is 0.00438. The number of halogens is 1. The van der Waals surface area contributed by atoms with Crippen molar-refractivity contribution < 1.29 is 18.7 Å². The molecule has 9 nitrogen and oxygen atoms in total. The SMILES string of the molecule is COC(=O)c1cc(C)nc(N2CC3CN(C(=O)c4c(F)cccc4-c4ncccn4)CC3C2)n1. The Balaban J connectivity index is 1.34. The van der Waals surface area contributed by atoms with E-state index < -0.39 is 11.8 Å². The summed E-state index contributed by atoms with van der Waals surface area (Å²) in [7, 11) is 1.32. The fraction of sp³-hybridized carbons (Fsp3) is 0.333. The average Bonchev–Trinajstić information content (AvgIpc) is 3.43. The first kappa shape index (κ1) is 21.9. The Kier molecular flexibility index (Phi) is 5.64. The summed E-state index contributed by atoms with van der Waals surface area (Å²) in [5.41, 5.74) is 1.27. The third kappa shape index (κ3) is 3.95. The molecule has 0 radical (unpaired) electrons. The molecule has 2 aliphatic rings. The van der Waals surface area contributed by atoms with Crippen molar-refractivity contribution in [2.75, 3.05) is 38.2 Å². The fourth-order valence-corrected chi connectivity index (χ4v) is 4.75. The summed E-state index contributed by atoms with van der Waals surface area (Å²) in [6.45, 7) is 4.09. The van der Waals surface area contributed by atoms with Gasteiger partial charge in [0.1, 0.15) is 5.82 Å². The maximum atomic E-state index is 14.8. The molecule has 10 heteroatoms. The summed E-state index contributed by atoms with van der Waals surface area (Å²) < 4.78 is 19.6. The van der Waals surface area contributed by atoms with E-state index in [1.165, 1.54) is 13.2 Å². The Hall–Kier alpha value is -3.95. The highest BCUT2D eigenvalue weighted by Gasteiger charge is 2.43. The first-order valence-corrected chi connectivity index (χ1v) is 11.0. The molecule has 1 aromatic carbocycles. The molecule has 2 aromatic heterocycles. The van der Waals surface area contributed by atoms with Gasteiger partial charge in [-0.2, -0.15) is 0 Å². The Morgan fingerprint density at radius 3 is 2.41 bits per heavy atom. The van der Waals surface area contributed by atoms with Crippen molar-refractivity contribution in [1.82, 2.24) is 24.8 Å². The number of amides is 1. The third-order valence-electron chi connectivity index (χ3n) is 6.33. The Labute approximate surface area is 195 Å². The van der Waals surface area contributed by atoms with E-state index in [2.05, 4.69) is 19.9 Å². The minimum Gasteiger partial charge on any atom is -0.464 e. The molecule has 5 rings (SSSR count). The summed E-state index contributed by atoms with van der Waals surface area (Å²) in [6, 6.07) is 7.77. The van der Waals surface area contributed by atoms with Crippen molar-refractivity contribution in [3.05, 3.63) is 65.5 Å². The van der Waals surface area contributed by atoms with E-state index >= 15 is 0 Å². The van der Waals surface area contributed by atoms with Crippen LogP contribution in [0, 0.1) is 24.6 Å². The van der Waals surface area contributed by atoms with E-state index in [0.717, 1.165) is 0 Å². The summed E-state index contributed by atoms with van der Waals surface area (Å²) >= 11 is 0. The lowest BCUT2D eigenvalue weighted by Crippen LogP contribution is -2.34. The van der Waals surface area contributed by atoms with Crippen LogP contribution in [-0.2, 0) is 4.74 Å². The summed E-state index contributed by atoms with van der Waals surface area (Å²) in [5, 5.41) is 0. The topological polar surface area (TPSA) is 101 Å². The number of carbonyl (C=O) groups excluding carboxylic acids is 2. The zero-order valence-electron chi connectivity index (χ0n) is 18.8. The fourth-order valence-electron chi connectivity index (χ4n) is 4.75. The molecule has 2 unspecified atom stereocenters. The van der Waals surface area contributed by atoms with Crippen LogP contribution in [0.3, 0.4) is 0 Å². The van der Waals surface area contributed by atoms with Gasteiger partial charge < -0.3 is 14.5 Å². The lowest BCUT2D eigenvalue weighted by molar-refractivity contribution is 0.0593. The van der Waals surface area contributed by atoms with Crippen LogP contribution in [0.15, 0.2) is 42.7 Å². The predicted octanol–water partition coefficient (Wildman–Crippen LogP) is 2.38. The number of hydrogen-bond donors (Lipinski definition) is 0. The third-order valence-corrected chi connectivity index (χ3v) is 6.33. The molecule has 2 aliphatic heterocycles. The predicted molar refractivity (Wildman–Crippen MR) is 121 cm³/mol. The second kappa shape index (κ2) is 8.77. The highest BCUT2D eigenvalue weighted by atomic mass is 19.1. The molecule has 2 saturated heterocycles. The molecule has 3 aromatic rings.